The summed E-state index contributed by atoms with van der Waals surface area (Å²) in [6.07, 6.45) is 0.503. The maximum Gasteiger partial charge on any atom is 0.260 e. The van der Waals surface area contributed by atoms with Gasteiger partial charge < -0.3 is 14.4 Å². The molecule has 0 aromatic heterocycles. The van der Waals surface area contributed by atoms with Crippen molar-refractivity contribution in [3.05, 3.63) is 24.3 Å². The van der Waals surface area contributed by atoms with Crippen LogP contribution in [0.3, 0.4) is 0 Å². The van der Waals surface area contributed by atoms with Crippen molar-refractivity contribution in [2.24, 2.45) is 5.92 Å². The molecule has 24 heavy (non-hydrogen) atoms. The molecule has 134 valence electrons. The molecule has 1 aliphatic rings. The van der Waals surface area contributed by atoms with Crippen LogP contribution in [-0.4, -0.2) is 57.0 Å². The molecule has 1 fully saturated rings. The Bertz CT molecular complexity index is 654. The fourth-order valence-corrected chi connectivity index (χ4v) is 4.50. The van der Waals surface area contributed by atoms with Crippen LogP contribution in [-0.2, 0) is 14.6 Å². The summed E-state index contributed by atoms with van der Waals surface area (Å²) in [4.78, 5) is 14.2. The van der Waals surface area contributed by atoms with Gasteiger partial charge in [-0.1, -0.05) is 13.8 Å². The number of nitrogens with zero attached hydrogens (tertiary/aromatic N) is 1. The van der Waals surface area contributed by atoms with Crippen LogP contribution in [0.25, 0.3) is 0 Å². The monoisotopic (exact) mass is 355 g/mol. The highest BCUT2D eigenvalue weighted by Gasteiger charge is 2.34. The molecule has 1 atom stereocenters. The highest BCUT2D eigenvalue weighted by molar-refractivity contribution is 7.91. The predicted octanol–water partition coefficient (Wildman–Crippen LogP) is 1.75. The van der Waals surface area contributed by atoms with E-state index in [4.69, 9.17) is 9.47 Å². The van der Waals surface area contributed by atoms with Gasteiger partial charge in [0.05, 0.1) is 18.6 Å². The SMILES string of the molecule is COc1ccc(OCC(=O)N(CC(C)C)[C@H]2CCS(=O)(=O)C2)cc1. The largest absolute Gasteiger partial charge is 0.497 e. The third kappa shape index (κ3) is 5.12. The molecule has 1 amide bonds. The van der Waals surface area contributed by atoms with Crippen molar-refractivity contribution in [1.82, 2.24) is 4.90 Å². The Hall–Kier alpha value is -1.76. The summed E-state index contributed by atoms with van der Waals surface area (Å²) in [7, 11) is -1.45. The lowest BCUT2D eigenvalue weighted by molar-refractivity contribution is -0.135. The fraction of sp³-hybridized carbons (Fsp3) is 0.588. The molecule has 1 heterocycles. The summed E-state index contributed by atoms with van der Waals surface area (Å²) < 4.78 is 34.0. The molecule has 0 N–H and O–H groups in total. The lowest BCUT2D eigenvalue weighted by atomic mass is 10.1. The van der Waals surface area contributed by atoms with E-state index < -0.39 is 9.84 Å². The third-order valence-corrected chi connectivity index (χ3v) is 5.70. The second-order valence-electron chi connectivity index (χ2n) is 6.46. The van der Waals surface area contributed by atoms with Crippen LogP contribution < -0.4 is 9.47 Å². The first-order valence-electron chi connectivity index (χ1n) is 8.07. The summed E-state index contributed by atoms with van der Waals surface area (Å²) >= 11 is 0. The van der Waals surface area contributed by atoms with Gasteiger partial charge in [0.2, 0.25) is 0 Å². The molecule has 1 aliphatic heterocycles. The van der Waals surface area contributed by atoms with E-state index in [2.05, 4.69) is 0 Å². The molecule has 0 unspecified atom stereocenters. The Morgan fingerprint density at radius 3 is 2.38 bits per heavy atom. The topological polar surface area (TPSA) is 72.9 Å². The standard InChI is InChI=1S/C17H25NO5S/c1-13(2)10-18(14-8-9-24(20,21)12-14)17(19)11-23-16-6-4-15(22-3)5-7-16/h4-7,13-14H,8-12H2,1-3H3/t14-/m0/s1. The number of hydrogen-bond acceptors (Lipinski definition) is 5. The van der Waals surface area contributed by atoms with Gasteiger partial charge in [-0.3, -0.25) is 4.79 Å². The molecular formula is C17H25NO5S. The number of methoxy groups -OCH3 is 1. The summed E-state index contributed by atoms with van der Waals surface area (Å²) in [5.41, 5.74) is 0. The second-order valence-corrected chi connectivity index (χ2v) is 8.69. The Labute approximate surface area is 143 Å². The van der Waals surface area contributed by atoms with Crippen molar-refractivity contribution in [3.63, 3.8) is 0 Å². The van der Waals surface area contributed by atoms with Crippen molar-refractivity contribution in [2.75, 3.05) is 31.8 Å². The minimum atomic E-state index is -3.03. The Kier molecular flexibility index (Phi) is 6.10. The van der Waals surface area contributed by atoms with E-state index in [1.165, 1.54) is 0 Å². The zero-order valence-corrected chi connectivity index (χ0v) is 15.2. The van der Waals surface area contributed by atoms with Gasteiger partial charge in [0.25, 0.3) is 5.91 Å². The normalized spacial score (nSPS) is 19.2. The van der Waals surface area contributed by atoms with Crippen molar-refractivity contribution in [2.45, 2.75) is 26.3 Å². The molecule has 0 radical (unpaired) electrons. The molecule has 1 aromatic rings. The first kappa shape index (κ1) is 18.6. The molecule has 2 rings (SSSR count). The van der Waals surface area contributed by atoms with Crippen LogP contribution in [0.15, 0.2) is 24.3 Å². The van der Waals surface area contributed by atoms with E-state index in [1.54, 1.807) is 36.3 Å². The number of sulfone groups is 1. The van der Waals surface area contributed by atoms with Gasteiger partial charge in [-0.25, -0.2) is 8.42 Å². The fourth-order valence-electron chi connectivity index (χ4n) is 2.77. The lowest BCUT2D eigenvalue weighted by Crippen LogP contribution is -2.45. The van der Waals surface area contributed by atoms with E-state index in [-0.39, 0.29) is 36.0 Å². The molecule has 6 nitrogen and oxygen atoms in total. The minimum absolute atomic E-state index is 0.0496. The number of benzene rings is 1. The smallest absolute Gasteiger partial charge is 0.260 e. The number of carbonyl (C=O) groups is 1. The molecular weight excluding hydrogens is 330 g/mol. The molecule has 0 saturated carbocycles. The van der Waals surface area contributed by atoms with Crippen LogP contribution in [0, 0.1) is 5.92 Å². The van der Waals surface area contributed by atoms with Gasteiger partial charge in [0.15, 0.2) is 16.4 Å². The summed E-state index contributed by atoms with van der Waals surface area (Å²) in [5, 5.41) is 0. The predicted molar refractivity (Wildman–Crippen MR) is 92.1 cm³/mol. The summed E-state index contributed by atoms with van der Waals surface area (Å²) in [6, 6.07) is 6.74. The Morgan fingerprint density at radius 2 is 1.88 bits per heavy atom. The number of amides is 1. The van der Waals surface area contributed by atoms with Crippen LogP contribution in [0.1, 0.15) is 20.3 Å². The molecule has 1 aromatic carbocycles. The van der Waals surface area contributed by atoms with Crippen LogP contribution in [0.4, 0.5) is 0 Å². The van der Waals surface area contributed by atoms with Crippen molar-refractivity contribution in [1.29, 1.82) is 0 Å². The summed E-state index contributed by atoms with van der Waals surface area (Å²) in [6.45, 7) is 4.45. The van der Waals surface area contributed by atoms with Gasteiger partial charge in [0.1, 0.15) is 11.5 Å². The number of rotatable bonds is 7. The maximum atomic E-state index is 12.6. The molecule has 0 spiro atoms. The third-order valence-electron chi connectivity index (χ3n) is 3.95. The average Bonchev–Trinajstić information content (AvgIpc) is 2.90. The maximum absolute atomic E-state index is 12.6. The molecule has 0 aliphatic carbocycles. The van der Waals surface area contributed by atoms with Gasteiger partial charge in [-0.05, 0) is 36.6 Å². The minimum Gasteiger partial charge on any atom is -0.497 e. The zero-order chi connectivity index (χ0) is 17.7. The Morgan fingerprint density at radius 1 is 1.25 bits per heavy atom. The molecule has 0 bridgehead atoms. The van der Waals surface area contributed by atoms with Crippen LogP contribution in [0.5, 0.6) is 11.5 Å². The van der Waals surface area contributed by atoms with E-state index in [9.17, 15) is 13.2 Å². The van der Waals surface area contributed by atoms with Gasteiger partial charge in [-0.15, -0.1) is 0 Å². The van der Waals surface area contributed by atoms with Crippen LogP contribution >= 0.6 is 0 Å². The average molecular weight is 355 g/mol. The molecule has 1 saturated heterocycles. The number of ether oxygens (including phenoxy) is 2. The number of hydrogen-bond donors (Lipinski definition) is 0. The van der Waals surface area contributed by atoms with E-state index in [1.807, 2.05) is 13.8 Å². The van der Waals surface area contributed by atoms with Crippen molar-refractivity contribution in [3.8, 4) is 11.5 Å². The van der Waals surface area contributed by atoms with Gasteiger partial charge in [0, 0.05) is 12.6 Å². The molecule has 7 heteroatoms. The lowest BCUT2D eigenvalue weighted by Gasteiger charge is -2.29. The van der Waals surface area contributed by atoms with Gasteiger partial charge >= 0.3 is 0 Å². The van der Waals surface area contributed by atoms with Crippen molar-refractivity contribution < 1.29 is 22.7 Å². The van der Waals surface area contributed by atoms with Gasteiger partial charge in [-0.2, -0.15) is 0 Å². The van der Waals surface area contributed by atoms with Crippen molar-refractivity contribution >= 4 is 15.7 Å². The first-order valence-corrected chi connectivity index (χ1v) is 9.89. The first-order chi connectivity index (χ1) is 11.3. The highest BCUT2D eigenvalue weighted by atomic mass is 32.2. The number of carbonyl (C=O) groups excluding carboxylic acids is 1. The zero-order valence-electron chi connectivity index (χ0n) is 14.4. The van der Waals surface area contributed by atoms with Crippen LogP contribution in [0.2, 0.25) is 0 Å². The highest BCUT2D eigenvalue weighted by Crippen LogP contribution is 2.20. The summed E-state index contributed by atoms with van der Waals surface area (Å²) in [5.74, 6) is 1.58. The van der Waals surface area contributed by atoms with E-state index in [0.29, 0.717) is 24.5 Å². The quantitative estimate of drug-likeness (QED) is 0.745. The van der Waals surface area contributed by atoms with E-state index in [0.717, 1.165) is 0 Å². The van der Waals surface area contributed by atoms with E-state index >= 15 is 0 Å². The second kappa shape index (κ2) is 7.88. The Balaban J connectivity index is 1.99.